The number of carbonyl (C=O) groups excluding carboxylic acids is 1. The lowest BCUT2D eigenvalue weighted by Crippen LogP contribution is -2.14. The highest BCUT2D eigenvalue weighted by Gasteiger charge is 2.15. The van der Waals surface area contributed by atoms with E-state index < -0.39 is 5.91 Å². The van der Waals surface area contributed by atoms with Crippen LogP contribution < -0.4 is 10.1 Å². The molecule has 168 valence electrons. The number of hydrogen-bond donors (Lipinski definition) is 1. The Hall–Kier alpha value is -2.39. The maximum Gasteiger partial charge on any atom is 0.266 e. The molecule has 4 nitrogen and oxygen atoms in total. The third kappa shape index (κ3) is 6.35. The lowest BCUT2D eigenvalue weighted by atomic mass is 10.1. The molecule has 1 amide bonds. The first-order valence-corrected chi connectivity index (χ1v) is 11.3. The number of rotatable bonds is 6. The second-order valence-electron chi connectivity index (χ2n) is 6.87. The molecule has 0 fully saturated rings. The number of nitrogens with zero attached hydrogens (tertiary/aromatic N) is 1. The molecule has 3 aromatic carbocycles. The summed E-state index contributed by atoms with van der Waals surface area (Å²) in [5.41, 5.74) is 2.23. The second kappa shape index (κ2) is 11.2. The minimum atomic E-state index is -0.590. The summed E-state index contributed by atoms with van der Waals surface area (Å²) in [5, 5.41) is 14.1. The zero-order chi connectivity index (χ0) is 24.1. The van der Waals surface area contributed by atoms with Crippen LogP contribution in [0.25, 0.3) is 6.08 Å². The van der Waals surface area contributed by atoms with Crippen molar-refractivity contribution in [2.45, 2.75) is 13.5 Å². The van der Waals surface area contributed by atoms with Gasteiger partial charge in [0.1, 0.15) is 18.2 Å². The summed E-state index contributed by atoms with van der Waals surface area (Å²) in [7, 11) is 0. The van der Waals surface area contributed by atoms with Gasteiger partial charge in [0.25, 0.3) is 5.91 Å². The van der Waals surface area contributed by atoms with Crippen LogP contribution in [0.15, 0.2) is 54.1 Å². The van der Waals surface area contributed by atoms with Crippen LogP contribution in [0.3, 0.4) is 0 Å². The molecule has 0 radical (unpaired) electrons. The van der Waals surface area contributed by atoms with Crippen molar-refractivity contribution in [3.05, 3.63) is 95.9 Å². The molecular weight excluding hydrogens is 526 g/mol. The van der Waals surface area contributed by atoms with Crippen LogP contribution in [0.2, 0.25) is 25.1 Å². The van der Waals surface area contributed by atoms with Crippen LogP contribution in [0.5, 0.6) is 5.75 Å². The number of amides is 1. The van der Waals surface area contributed by atoms with Gasteiger partial charge in [0.2, 0.25) is 0 Å². The SMILES string of the molecule is Cc1c(Cl)cccc1NC(=O)/C(C#N)=C\c1cc(Cl)c(OCc2ccc(Cl)cc2Cl)c(Cl)c1. The number of carbonyl (C=O) groups is 1. The van der Waals surface area contributed by atoms with Gasteiger partial charge in [0, 0.05) is 26.3 Å². The van der Waals surface area contributed by atoms with E-state index in [1.807, 2.05) is 6.07 Å². The van der Waals surface area contributed by atoms with E-state index in [1.54, 1.807) is 55.5 Å². The molecule has 1 N–H and O–H groups in total. The fraction of sp³-hybridized carbons (Fsp3) is 0.0833. The minimum Gasteiger partial charge on any atom is -0.486 e. The molecule has 0 aliphatic heterocycles. The predicted molar refractivity (Wildman–Crippen MR) is 136 cm³/mol. The van der Waals surface area contributed by atoms with E-state index in [4.69, 9.17) is 62.7 Å². The fourth-order valence-electron chi connectivity index (χ4n) is 2.84. The van der Waals surface area contributed by atoms with Gasteiger partial charge < -0.3 is 10.1 Å². The molecule has 3 rings (SSSR count). The Morgan fingerprint density at radius 3 is 2.33 bits per heavy atom. The molecular formula is C24H15Cl5N2O2. The van der Waals surface area contributed by atoms with Crippen molar-refractivity contribution in [3.63, 3.8) is 0 Å². The zero-order valence-corrected chi connectivity index (χ0v) is 20.8. The number of hydrogen-bond acceptors (Lipinski definition) is 3. The molecule has 0 aromatic heterocycles. The lowest BCUT2D eigenvalue weighted by Gasteiger charge is -2.12. The first kappa shape index (κ1) is 25.2. The Bertz CT molecular complexity index is 1280. The van der Waals surface area contributed by atoms with Crippen molar-refractivity contribution >= 4 is 75.7 Å². The Morgan fingerprint density at radius 2 is 1.70 bits per heavy atom. The monoisotopic (exact) mass is 538 g/mol. The Kier molecular flexibility index (Phi) is 8.53. The topological polar surface area (TPSA) is 62.1 Å². The summed E-state index contributed by atoms with van der Waals surface area (Å²) < 4.78 is 5.74. The van der Waals surface area contributed by atoms with Crippen LogP contribution in [0, 0.1) is 18.3 Å². The van der Waals surface area contributed by atoms with Crippen molar-refractivity contribution in [2.75, 3.05) is 5.32 Å². The van der Waals surface area contributed by atoms with E-state index in [1.165, 1.54) is 6.08 Å². The highest BCUT2D eigenvalue weighted by molar-refractivity contribution is 6.37. The van der Waals surface area contributed by atoms with Crippen LogP contribution in [0.4, 0.5) is 5.69 Å². The van der Waals surface area contributed by atoms with Gasteiger partial charge in [-0.25, -0.2) is 0 Å². The molecule has 0 atom stereocenters. The van der Waals surface area contributed by atoms with E-state index in [2.05, 4.69) is 5.32 Å². The molecule has 0 saturated carbocycles. The van der Waals surface area contributed by atoms with Gasteiger partial charge >= 0.3 is 0 Å². The van der Waals surface area contributed by atoms with Crippen LogP contribution >= 0.6 is 58.0 Å². The second-order valence-corrected chi connectivity index (χ2v) is 8.94. The molecule has 0 unspecified atom stereocenters. The van der Waals surface area contributed by atoms with E-state index in [0.29, 0.717) is 37.4 Å². The minimum absolute atomic E-state index is 0.121. The highest BCUT2D eigenvalue weighted by Crippen LogP contribution is 2.36. The number of nitriles is 1. The average molecular weight is 541 g/mol. The summed E-state index contributed by atoms with van der Waals surface area (Å²) in [6.45, 7) is 1.89. The largest absolute Gasteiger partial charge is 0.486 e. The fourth-order valence-corrected chi connectivity index (χ4v) is 4.09. The van der Waals surface area contributed by atoms with E-state index >= 15 is 0 Å². The van der Waals surface area contributed by atoms with Crippen LogP contribution in [-0.4, -0.2) is 5.91 Å². The van der Waals surface area contributed by atoms with Gasteiger partial charge in [-0.1, -0.05) is 70.1 Å². The van der Waals surface area contributed by atoms with Gasteiger partial charge in [0.15, 0.2) is 5.75 Å². The smallest absolute Gasteiger partial charge is 0.266 e. The Morgan fingerprint density at radius 1 is 1.00 bits per heavy atom. The Labute approximate surface area is 216 Å². The number of ether oxygens (including phenoxy) is 1. The molecule has 3 aromatic rings. The summed E-state index contributed by atoms with van der Waals surface area (Å²) in [5.74, 6) is -0.341. The van der Waals surface area contributed by atoms with Crippen LogP contribution in [0.1, 0.15) is 16.7 Å². The molecule has 9 heteroatoms. The summed E-state index contributed by atoms with van der Waals surface area (Å²) >= 11 is 30.9. The maximum absolute atomic E-state index is 12.6. The third-order valence-electron chi connectivity index (χ3n) is 4.60. The van der Waals surface area contributed by atoms with Gasteiger partial charge in [-0.15, -0.1) is 0 Å². The molecule has 0 bridgehead atoms. The van der Waals surface area contributed by atoms with Gasteiger partial charge in [0.05, 0.1) is 10.0 Å². The predicted octanol–water partition coefficient (Wildman–Crippen LogP) is 8.39. The zero-order valence-electron chi connectivity index (χ0n) is 17.1. The highest BCUT2D eigenvalue weighted by atomic mass is 35.5. The number of nitrogens with one attached hydrogen (secondary N) is 1. The normalized spacial score (nSPS) is 11.1. The quantitative estimate of drug-likeness (QED) is 0.252. The molecule has 0 spiro atoms. The van der Waals surface area contributed by atoms with E-state index in [9.17, 15) is 10.1 Å². The molecule has 0 heterocycles. The standard InChI is InChI=1S/C24H15Cl5N2O2/c1-13-18(26)3-2-4-22(13)31-24(32)16(11-30)7-14-8-20(28)23(21(29)9-14)33-12-15-5-6-17(25)10-19(15)27/h2-10H,12H2,1H3,(H,31,32)/b16-7-. The van der Waals surface area contributed by atoms with Crippen molar-refractivity contribution in [3.8, 4) is 11.8 Å². The van der Waals surface area contributed by atoms with E-state index in [-0.39, 0.29) is 28.0 Å². The lowest BCUT2D eigenvalue weighted by molar-refractivity contribution is -0.112. The van der Waals surface area contributed by atoms with Crippen molar-refractivity contribution < 1.29 is 9.53 Å². The molecule has 0 aliphatic rings. The van der Waals surface area contributed by atoms with Crippen molar-refractivity contribution in [2.24, 2.45) is 0 Å². The van der Waals surface area contributed by atoms with E-state index in [0.717, 1.165) is 0 Å². The molecule has 33 heavy (non-hydrogen) atoms. The van der Waals surface area contributed by atoms with Gasteiger partial charge in [-0.05, 0) is 60.5 Å². The van der Waals surface area contributed by atoms with Crippen molar-refractivity contribution in [1.82, 2.24) is 0 Å². The first-order chi connectivity index (χ1) is 15.7. The Balaban J connectivity index is 1.80. The average Bonchev–Trinajstić information content (AvgIpc) is 2.75. The molecule has 0 aliphatic carbocycles. The number of halogens is 5. The van der Waals surface area contributed by atoms with Gasteiger partial charge in [-0.3, -0.25) is 4.79 Å². The summed E-state index contributed by atoms with van der Waals surface area (Å²) in [4.78, 5) is 12.6. The van der Waals surface area contributed by atoms with Gasteiger partial charge in [-0.2, -0.15) is 5.26 Å². The summed E-state index contributed by atoms with van der Waals surface area (Å²) in [6.07, 6.45) is 1.38. The third-order valence-corrected chi connectivity index (χ3v) is 6.16. The first-order valence-electron chi connectivity index (χ1n) is 9.43. The van der Waals surface area contributed by atoms with Crippen LogP contribution in [-0.2, 0) is 11.4 Å². The van der Waals surface area contributed by atoms with Crippen molar-refractivity contribution in [1.29, 1.82) is 5.26 Å². The summed E-state index contributed by atoms with van der Waals surface area (Å²) in [6, 6.07) is 15.1. The number of benzene rings is 3. The maximum atomic E-state index is 12.6. The molecule has 0 saturated heterocycles. The number of anilines is 1.